The van der Waals surface area contributed by atoms with Crippen molar-refractivity contribution >= 4 is 34.5 Å². The normalized spacial score (nSPS) is 14.3. The van der Waals surface area contributed by atoms with Gasteiger partial charge >= 0.3 is 5.97 Å². The molecule has 0 bridgehead atoms. The Kier molecular flexibility index (Phi) is 5.67. The van der Waals surface area contributed by atoms with E-state index in [0.29, 0.717) is 30.2 Å². The molecule has 1 aliphatic heterocycles. The van der Waals surface area contributed by atoms with Crippen molar-refractivity contribution in [1.29, 1.82) is 0 Å². The Morgan fingerprint density at radius 2 is 1.82 bits per heavy atom. The summed E-state index contributed by atoms with van der Waals surface area (Å²) in [6.45, 7) is 3.29. The van der Waals surface area contributed by atoms with Gasteiger partial charge in [-0.15, -0.1) is 0 Å². The fourth-order valence-corrected chi connectivity index (χ4v) is 4.54. The van der Waals surface area contributed by atoms with Gasteiger partial charge < -0.3 is 19.9 Å². The first-order valence-corrected chi connectivity index (χ1v) is 11.2. The number of anilines is 2. The Morgan fingerprint density at radius 3 is 2.56 bits per heavy atom. The number of nitrogens with zero attached hydrogens (tertiary/aromatic N) is 5. The van der Waals surface area contributed by atoms with Gasteiger partial charge in [-0.05, 0) is 50.1 Å². The molecule has 1 amide bonds. The third-order valence-corrected chi connectivity index (χ3v) is 6.15. The molecule has 0 aliphatic carbocycles. The van der Waals surface area contributed by atoms with E-state index in [1.54, 1.807) is 30.5 Å². The molecule has 1 aromatic carbocycles. The Hall–Kier alpha value is -4.27. The first kappa shape index (κ1) is 21.6. The number of hydrogen-bond acceptors (Lipinski definition) is 6. The van der Waals surface area contributed by atoms with Gasteiger partial charge in [0.1, 0.15) is 22.7 Å². The lowest BCUT2D eigenvalue weighted by atomic mass is 10.0. The first-order chi connectivity index (χ1) is 16.5. The van der Waals surface area contributed by atoms with E-state index in [-0.39, 0.29) is 17.5 Å². The Balaban J connectivity index is 1.33. The zero-order valence-corrected chi connectivity index (χ0v) is 18.7. The fraction of sp³-hybridized carbons (Fsp3) is 0.240. The second-order valence-corrected chi connectivity index (χ2v) is 8.31. The van der Waals surface area contributed by atoms with Gasteiger partial charge in [-0.25, -0.2) is 19.7 Å². The van der Waals surface area contributed by atoms with Crippen LogP contribution in [0.4, 0.5) is 11.5 Å². The van der Waals surface area contributed by atoms with E-state index in [1.807, 2.05) is 30.0 Å². The van der Waals surface area contributed by atoms with Crippen LogP contribution < -0.4 is 10.2 Å². The summed E-state index contributed by atoms with van der Waals surface area (Å²) in [6.07, 6.45) is 4.91. The van der Waals surface area contributed by atoms with E-state index < -0.39 is 5.97 Å². The number of carbonyl (C=O) groups is 2. The van der Waals surface area contributed by atoms with Crippen molar-refractivity contribution in [2.45, 2.75) is 25.8 Å². The number of amides is 1. The van der Waals surface area contributed by atoms with Crippen LogP contribution in [-0.2, 0) is 0 Å². The summed E-state index contributed by atoms with van der Waals surface area (Å²) in [5.74, 6) is -0.0612. The number of carboxylic acids is 1. The quantitative estimate of drug-likeness (QED) is 0.468. The molecule has 0 spiro atoms. The molecule has 0 saturated carbocycles. The fourth-order valence-electron chi connectivity index (χ4n) is 4.54. The lowest BCUT2D eigenvalue weighted by Gasteiger charge is -2.34. The van der Waals surface area contributed by atoms with Crippen molar-refractivity contribution < 1.29 is 14.7 Å². The molecule has 9 heteroatoms. The molecule has 172 valence electrons. The lowest BCUT2D eigenvalue weighted by molar-refractivity contribution is 0.0696. The second kappa shape index (κ2) is 8.93. The van der Waals surface area contributed by atoms with E-state index in [4.69, 9.17) is 0 Å². The molecule has 0 unspecified atom stereocenters. The number of carbonyl (C=O) groups excluding carboxylic acids is 1. The predicted molar refractivity (Wildman–Crippen MR) is 128 cm³/mol. The molecule has 4 heterocycles. The van der Waals surface area contributed by atoms with Crippen molar-refractivity contribution in [3.63, 3.8) is 0 Å². The predicted octanol–water partition coefficient (Wildman–Crippen LogP) is 3.93. The molecule has 1 saturated heterocycles. The molecule has 3 aromatic heterocycles. The molecule has 9 nitrogen and oxygen atoms in total. The maximum absolute atomic E-state index is 12.4. The SMILES string of the molecule is Cc1nc2cccnc2n1C1CCN(c2ncc(NC(=O)c3ccccc3)cc2C(=O)O)CC1. The number of pyridine rings is 2. The summed E-state index contributed by atoms with van der Waals surface area (Å²) in [4.78, 5) is 40.0. The highest BCUT2D eigenvalue weighted by Crippen LogP contribution is 2.31. The van der Waals surface area contributed by atoms with Crippen LogP contribution in [0.25, 0.3) is 11.2 Å². The van der Waals surface area contributed by atoms with Gasteiger partial charge in [0.05, 0.1) is 11.9 Å². The van der Waals surface area contributed by atoms with Crippen LogP contribution in [0.2, 0.25) is 0 Å². The molecular formula is C25H24N6O3. The van der Waals surface area contributed by atoms with Crippen molar-refractivity contribution in [2.24, 2.45) is 0 Å². The van der Waals surface area contributed by atoms with E-state index in [0.717, 1.165) is 29.8 Å². The van der Waals surface area contributed by atoms with E-state index in [2.05, 4.69) is 24.8 Å². The number of fused-ring (bicyclic) bond motifs is 1. The number of aromatic carboxylic acids is 1. The van der Waals surface area contributed by atoms with Gasteiger partial charge in [0.25, 0.3) is 5.91 Å². The summed E-state index contributed by atoms with van der Waals surface area (Å²) in [5, 5.41) is 12.6. The molecule has 1 fully saturated rings. The zero-order valence-electron chi connectivity index (χ0n) is 18.7. The minimum absolute atomic E-state index is 0.0650. The number of benzene rings is 1. The van der Waals surface area contributed by atoms with Gasteiger partial charge in [0.15, 0.2) is 5.65 Å². The van der Waals surface area contributed by atoms with Gasteiger partial charge in [-0.3, -0.25) is 4.79 Å². The molecular weight excluding hydrogens is 432 g/mol. The highest BCUT2D eigenvalue weighted by Gasteiger charge is 2.27. The minimum Gasteiger partial charge on any atom is -0.478 e. The molecule has 2 N–H and O–H groups in total. The number of aromatic nitrogens is 4. The van der Waals surface area contributed by atoms with Crippen LogP contribution in [0.5, 0.6) is 0 Å². The Bertz CT molecular complexity index is 1360. The smallest absolute Gasteiger partial charge is 0.339 e. The van der Waals surface area contributed by atoms with Crippen molar-refractivity contribution in [3.8, 4) is 0 Å². The number of piperidine rings is 1. The van der Waals surface area contributed by atoms with Crippen molar-refractivity contribution in [1.82, 2.24) is 19.5 Å². The average Bonchev–Trinajstić information content (AvgIpc) is 3.20. The highest BCUT2D eigenvalue weighted by molar-refractivity contribution is 6.05. The van der Waals surface area contributed by atoms with E-state index in [9.17, 15) is 14.7 Å². The summed E-state index contributed by atoms with van der Waals surface area (Å²) in [6, 6.07) is 14.3. The summed E-state index contributed by atoms with van der Waals surface area (Å²) in [5.41, 5.74) is 2.65. The van der Waals surface area contributed by atoms with Crippen LogP contribution in [0.15, 0.2) is 60.9 Å². The van der Waals surface area contributed by atoms with Crippen molar-refractivity contribution in [3.05, 3.63) is 77.9 Å². The zero-order chi connectivity index (χ0) is 23.7. The Morgan fingerprint density at radius 1 is 1.06 bits per heavy atom. The molecule has 1 aliphatic rings. The van der Waals surface area contributed by atoms with Gasteiger partial charge in [0.2, 0.25) is 0 Å². The van der Waals surface area contributed by atoms with Gasteiger partial charge in [-0.2, -0.15) is 0 Å². The minimum atomic E-state index is -1.08. The molecule has 0 radical (unpaired) electrons. The third-order valence-electron chi connectivity index (χ3n) is 6.15. The molecule has 0 atom stereocenters. The van der Waals surface area contributed by atoms with Crippen LogP contribution >= 0.6 is 0 Å². The third kappa shape index (κ3) is 4.07. The number of carboxylic acid groups (broad SMARTS) is 1. The summed E-state index contributed by atoms with van der Waals surface area (Å²) >= 11 is 0. The second-order valence-electron chi connectivity index (χ2n) is 8.31. The topological polar surface area (TPSA) is 113 Å². The number of nitrogens with one attached hydrogen (secondary N) is 1. The molecule has 5 rings (SSSR count). The van der Waals surface area contributed by atoms with Crippen LogP contribution in [0.3, 0.4) is 0 Å². The maximum Gasteiger partial charge on any atom is 0.339 e. The monoisotopic (exact) mass is 456 g/mol. The number of hydrogen-bond donors (Lipinski definition) is 2. The lowest BCUT2D eigenvalue weighted by Crippen LogP contribution is -2.36. The van der Waals surface area contributed by atoms with Crippen LogP contribution in [-0.4, -0.2) is 49.6 Å². The standard InChI is InChI=1S/C25H24N6O3/c1-16-28-21-8-5-11-26-23(21)31(16)19-9-12-30(13-10-19)22-20(25(33)34)14-18(15-27-22)29-24(32)17-6-3-2-4-7-17/h2-8,11,14-15,19H,9-10,12-13H2,1H3,(H,29,32)(H,33,34). The van der Waals surface area contributed by atoms with Gasteiger partial charge in [0, 0.05) is 30.9 Å². The van der Waals surface area contributed by atoms with E-state index >= 15 is 0 Å². The number of imidazole rings is 1. The molecule has 34 heavy (non-hydrogen) atoms. The number of rotatable bonds is 5. The van der Waals surface area contributed by atoms with E-state index in [1.165, 1.54) is 12.3 Å². The highest BCUT2D eigenvalue weighted by atomic mass is 16.4. The average molecular weight is 457 g/mol. The van der Waals surface area contributed by atoms with Crippen LogP contribution in [0.1, 0.15) is 45.4 Å². The van der Waals surface area contributed by atoms with Crippen molar-refractivity contribution in [2.75, 3.05) is 23.3 Å². The largest absolute Gasteiger partial charge is 0.478 e. The van der Waals surface area contributed by atoms with Crippen LogP contribution in [0, 0.1) is 6.92 Å². The van der Waals surface area contributed by atoms with Gasteiger partial charge in [-0.1, -0.05) is 18.2 Å². The maximum atomic E-state index is 12.4. The first-order valence-electron chi connectivity index (χ1n) is 11.2. The summed E-state index contributed by atoms with van der Waals surface area (Å²) < 4.78 is 2.18. The Labute approximate surface area is 196 Å². The molecule has 4 aromatic rings. The summed E-state index contributed by atoms with van der Waals surface area (Å²) in [7, 11) is 0. The number of aryl methyl sites for hydroxylation is 1.